The zero-order chi connectivity index (χ0) is 21.0. The Labute approximate surface area is 167 Å². The molecule has 0 saturated carbocycles. The van der Waals surface area contributed by atoms with Gasteiger partial charge in [0.25, 0.3) is 0 Å². The molecule has 0 aliphatic rings. The Morgan fingerprint density at radius 2 is 1.83 bits per heavy atom. The zero-order valence-electron chi connectivity index (χ0n) is 16.3. The quantitative estimate of drug-likeness (QED) is 0.497. The van der Waals surface area contributed by atoms with Gasteiger partial charge in [-0.25, -0.2) is 9.59 Å². The second-order valence-corrected chi connectivity index (χ2v) is 6.25. The number of methoxy groups -OCH3 is 1. The van der Waals surface area contributed by atoms with E-state index in [-0.39, 0.29) is 18.0 Å². The molecular formula is C22H20N2O5. The van der Waals surface area contributed by atoms with E-state index in [0.29, 0.717) is 33.4 Å². The number of aromatic nitrogens is 1. The Morgan fingerprint density at radius 1 is 1.03 bits per heavy atom. The van der Waals surface area contributed by atoms with Gasteiger partial charge in [-0.05, 0) is 44.2 Å². The average molecular weight is 392 g/mol. The lowest BCUT2D eigenvalue weighted by atomic mass is 10.1. The molecule has 0 aliphatic carbocycles. The van der Waals surface area contributed by atoms with Gasteiger partial charge in [-0.1, -0.05) is 12.1 Å². The molecule has 2 aromatic carbocycles. The average Bonchev–Trinajstić information content (AvgIpc) is 2.73. The number of rotatable bonds is 6. The van der Waals surface area contributed by atoms with Gasteiger partial charge in [-0.15, -0.1) is 0 Å². The fraction of sp³-hybridized carbons (Fsp3) is 0.182. The van der Waals surface area contributed by atoms with E-state index in [0.717, 1.165) is 0 Å². The van der Waals surface area contributed by atoms with Crippen LogP contribution in [-0.2, 0) is 9.47 Å². The molecule has 0 amide bonds. The minimum absolute atomic E-state index is 0.0770. The molecule has 29 heavy (non-hydrogen) atoms. The van der Waals surface area contributed by atoms with Crippen LogP contribution >= 0.6 is 0 Å². The molecule has 0 fully saturated rings. The van der Waals surface area contributed by atoms with Crippen LogP contribution in [0.1, 0.15) is 44.9 Å². The Kier molecular flexibility index (Phi) is 5.87. The van der Waals surface area contributed by atoms with Crippen molar-refractivity contribution in [3.05, 3.63) is 65.4 Å². The van der Waals surface area contributed by atoms with Gasteiger partial charge in [-0.2, -0.15) is 0 Å². The highest BCUT2D eigenvalue weighted by molar-refractivity contribution is 6.08. The van der Waals surface area contributed by atoms with Gasteiger partial charge in [0.1, 0.15) is 5.56 Å². The van der Waals surface area contributed by atoms with Gasteiger partial charge in [0.05, 0.1) is 30.5 Å². The number of benzene rings is 2. The molecule has 1 aromatic heterocycles. The fourth-order valence-electron chi connectivity index (χ4n) is 2.90. The Hall–Kier alpha value is -3.74. The maximum Gasteiger partial charge on any atom is 0.341 e. The van der Waals surface area contributed by atoms with Crippen molar-refractivity contribution in [1.29, 1.82) is 0 Å². The van der Waals surface area contributed by atoms with Crippen LogP contribution in [0.25, 0.3) is 10.9 Å². The molecule has 0 bridgehead atoms. The van der Waals surface area contributed by atoms with Crippen molar-refractivity contribution in [3.8, 4) is 0 Å². The van der Waals surface area contributed by atoms with Crippen molar-refractivity contribution < 1.29 is 23.9 Å². The van der Waals surface area contributed by atoms with Crippen molar-refractivity contribution in [1.82, 2.24) is 4.98 Å². The number of Topliss-reactive ketones (excluding diaryl/α,β-unsaturated/α-hetero) is 1. The van der Waals surface area contributed by atoms with Gasteiger partial charge in [-0.3, -0.25) is 9.78 Å². The minimum atomic E-state index is -0.546. The summed E-state index contributed by atoms with van der Waals surface area (Å²) >= 11 is 0. The minimum Gasteiger partial charge on any atom is -0.465 e. The molecule has 1 N–H and O–H groups in total. The summed E-state index contributed by atoms with van der Waals surface area (Å²) in [7, 11) is 1.30. The normalized spacial score (nSPS) is 10.4. The Balaban J connectivity index is 2.20. The molecule has 3 aromatic rings. The number of anilines is 2. The first-order valence-electron chi connectivity index (χ1n) is 9.00. The van der Waals surface area contributed by atoms with Crippen molar-refractivity contribution in [2.75, 3.05) is 19.0 Å². The largest absolute Gasteiger partial charge is 0.465 e. The van der Waals surface area contributed by atoms with Crippen LogP contribution in [0.5, 0.6) is 0 Å². The van der Waals surface area contributed by atoms with Gasteiger partial charge in [0.2, 0.25) is 0 Å². The number of nitrogens with zero attached hydrogens (tertiary/aromatic N) is 1. The van der Waals surface area contributed by atoms with Crippen molar-refractivity contribution in [2.45, 2.75) is 13.8 Å². The van der Waals surface area contributed by atoms with Gasteiger partial charge in [0, 0.05) is 22.8 Å². The predicted molar refractivity (Wildman–Crippen MR) is 109 cm³/mol. The van der Waals surface area contributed by atoms with Crippen LogP contribution in [0.4, 0.5) is 11.4 Å². The molecule has 0 aliphatic heterocycles. The number of hydrogen-bond donors (Lipinski definition) is 1. The molecule has 0 radical (unpaired) electrons. The molecule has 0 saturated heterocycles. The van der Waals surface area contributed by atoms with Crippen LogP contribution in [0.15, 0.2) is 48.7 Å². The zero-order valence-corrected chi connectivity index (χ0v) is 16.3. The van der Waals surface area contributed by atoms with Crippen LogP contribution < -0.4 is 5.32 Å². The number of esters is 2. The van der Waals surface area contributed by atoms with Crippen molar-refractivity contribution in [3.63, 3.8) is 0 Å². The third-order valence-corrected chi connectivity index (χ3v) is 4.32. The van der Waals surface area contributed by atoms with Gasteiger partial charge in [0.15, 0.2) is 5.78 Å². The van der Waals surface area contributed by atoms with Crippen LogP contribution in [-0.4, -0.2) is 36.4 Å². The first-order chi connectivity index (χ1) is 13.9. The van der Waals surface area contributed by atoms with E-state index in [1.54, 1.807) is 49.4 Å². The molecule has 0 unspecified atom stereocenters. The van der Waals surface area contributed by atoms with Gasteiger partial charge < -0.3 is 14.8 Å². The number of pyridine rings is 1. The van der Waals surface area contributed by atoms with Crippen molar-refractivity contribution >= 4 is 40.0 Å². The second-order valence-electron chi connectivity index (χ2n) is 6.25. The van der Waals surface area contributed by atoms with E-state index in [2.05, 4.69) is 10.3 Å². The van der Waals surface area contributed by atoms with Crippen LogP contribution in [0.3, 0.4) is 0 Å². The number of ether oxygens (including phenoxy) is 2. The maximum absolute atomic E-state index is 12.5. The summed E-state index contributed by atoms with van der Waals surface area (Å²) in [6.07, 6.45) is 1.43. The molecule has 0 atom stereocenters. The van der Waals surface area contributed by atoms with Crippen LogP contribution in [0.2, 0.25) is 0 Å². The SMILES string of the molecule is CCOC(=O)c1cnc2ccc(C(=O)OC)cc2c1Nc1cccc(C(C)=O)c1. The summed E-state index contributed by atoms with van der Waals surface area (Å²) in [5, 5.41) is 3.74. The summed E-state index contributed by atoms with van der Waals surface area (Å²) in [4.78, 5) is 40.5. The highest BCUT2D eigenvalue weighted by Crippen LogP contribution is 2.31. The molecule has 1 heterocycles. The summed E-state index contributed by atoms with van der Waals surface area (Å²) in [6, 6.07) is 11.8. The lowest BCUT2D eigenvalue weighted by Crippen LogP contribution is -2.10. The lowest BCUT2D eigenvalue weighted by molar-refractivity contribution is 0.0526. The molecule has 148 valence electrons. The second kappa shape index (κ2) is 8.52. The van der Waals surface area contributed by atoms with E-state index in [9.17, 15) is 14.4 Å². The first-order valence-corrected chi connectivity index (χ1v) is 9.00. The number of fused-ring (bicyclic) bond motifs is 1. The topological polar surface area (TPSA) is 94.6 Å². The molecule has 7 heteroatoms. The lowest BCUT2D eigenvalue weighted by Gasteiger charge is -2.15. The third-order valence-electron chi connectivity index (χ3n) is 4.32. The molecule has 3 rings (SSSR count). The first kappa shape index (κ1) is 20.0. The maximum atomic E-state index is 12.5. The van der Waals surface area contributed by atoms with Gasteiger partial charge >= 0.3 is 11.9 Å². The van der Waals surface area contributed by atoms with E-state index in [4.69, 9.17) is 9.47 Å². The fourth-order valence-corrected chi connectivity index (χ4v) is 2.90. The Bertz CT molecular complexity index is 1110. The number of ketones is 1. The van der Waals surface area contributed by atoms with E-state index in [1.807, 2.05) is 0 Å². The summed E-state index contributed by atoms with van der Waals surface area (Å²) in [5.41, 5.74) is 2.69. The highest BCUT2D eigenvalue weighted by atomic mass is 16.5. The highest BCUT2D eigenvalue weighted by Gasteiger charge is 2.19. The number of hydrogen-bond acceptors (Lipinski definition) is 7. The standard InChI is InChI=1S/C22H20N2O5/c1-4-29-22(27)18-12-23-19-9-8-15(21(26)28-3)11-17(19)20(18)24-16-7-5-6-14(10-16)13(2)25/h5-12H,4H2,1-3H3,(H,23,24). The number of carbonyl (C=O) groups excluding carboxylic acids is 3. The van der Waals surface area contributed by atoms with E-state index in [1.165, 1.54) is 20.2 Å². The monoisotopic (exact) mass is 392 g/mol. The van der Waals surface area contributed by atoms with Crippen LogP contribution in [0, 0.1) is 0 Å². The van der Waals surface area contributed by atoms with E-state index >= 15 is 0 Å². The smallest absolute Gasteiger partial charge is 0.341 e. The molecule has 0 spiro atoms. The predicted octanol–water partition coefficient (Wildman–Crippen LogP) is 4.14. The summed E-state index contributed by atoms with van der Waals surface area (Å²) in [5.74, 6) is -1.12. The molecular weight excluding hydrogens is 372 g/mol. The summed E-state index contributed by atoms with van der Waals surface area (Å²) in [6.45, 7) is 3.40. The summed E-state index contributed by atoms with van der Waals surface area (Å²) < 4.78 is 9.94. The van der Waals surface area contributed by atoms with E-state index < -0.39 is 11.9 Å². The molecule has 7 nitrogen and oxygen atoms in total. The third kappa shape index (κ3) is 4.24. The number of nitrogens with one attached hydrogen (secondary N) is 1. The number of carbonyl (C=O) groups is 3. The van der Waals surface area contributed by atoms with Crippen molar-refractivity contribution in [2.24, 2.45) is 0 Å². The Morgan fingerprint density at radius 3 is 2.52 bits per heavy atom.